The number of ether oxygens (including phenoxy) is 2. The van der Waals surface area contributed by atoms with Crippen LogP contribution in [0.1, 0.15) is 47.7 Å². The standard InChI is InChI=1S/C24H27BrN2O6/c1-4-11-32-24(31)17-5-7-18(8-6-17)26-21(28)9-10-23(30)33-14-22(29)27-20-13-15(2)19(25)12-16(20)3/h5-8,12-13H,4,9-11,14H2,1-3H3,(H,26,28)(H,27,29). The Kier molecular flexibility index (Phi) is 10.1. The van der Waals surface area contributed by atoms with Crippen LogP contribution < -0.4 is 10.6 Å². The van der Waals surface area contributed by atoms with E-state index < -0.39 is 30.4 Å². The molecule has 0 saturated carbocycles. The van der Waals surface area contributed by atoms with Gasteiger partial charge in [-0.15, -0.1) is 0 Å². The van der Waals surface area contributed by atoms with E-state index in [1.807, 2.05) is 32.9 Å². The maximum absolute atomic E-state index is 12.1. The van der Waals surface area contributed by atoms with E-state index in [2.05, 4.69) is 26.6 Å². The van der Waals surface area contributed by atoms with Crippen molar-refractivity contribution < 1.29 is 28.7 Å². The SMILES string of the molecule is CCCOC(=O)c1ccc(NC(=O)CCC(=O)OCC(=O)Nc2cc(C)c(Br)cc2C)cc1. The smallest absolute Gasteiger partial charge is 0.338 e. The number of amides is 2. The van der Waals surface area contributed by atoms with Crippen LogP contribution in [-0.4, -0.2) is 37.0 Å². The van der Waals surface area contributed by atoms with Gasteiger partial charge in [0.1, 0.15) is 0 Å². The average molecular weight is 519 g/mol. The summed E-state index contributed by atoms with van der Waals surface area (Å²) in [6.07, 6.45) is 0.459. The lowest BCUT2D eigenvalue weighted by Crippen LogP contribution is -2.22. The predicted molar refractivity (Wildman–Crippen MR) is 128 cm³/mol. The van der Waals surface area contributed by atoms with Crippen LogP contribution >= 0.6 is 15.9 Å². The molecule has 0 saturated heterocycles. The van der Waals surface area contributed by atoms with Gasteiger partial charge >= 0.3 is 11.9 Å². The fourth-order valence-corrected chi connectivity index (χ4v) is 3.18. The molecular formula is C24H27BrN2O6. The molecule has 0 heterocycles. The predicted octanol–water partition coefficient (Wildman–Crippen LogP) is 4.53. The lowest BCUT2D eigenvalue weighted by Gasteiger charge is -2.11. The number of carbonyl (C=O) groups is 4. The molecule has 0 fully saturated rings. The van der Waals surface area contributed by atoms with E-state index in [0.717, 1.165) is 22.0 Å². The Morgan fingerprint density at radius 2 is 1.58 bits per heavy atom. The molecule has 2 aromatic rings. The quantitative estimate of drug-likeness (QED) is 0.447. The van der Waals surface area contributed by atoms with Crippen LogP contribution in [0, 0.1) is 13.8 Å². The maximum Gasteiger partial charge on any atom is 0.338 e. The van der Waals surface area contributed by atoms with Gasteiger partial charge in [-0.1, -0.05) is 22.9 Å². The molecule has 33 heavy (non-hydrogen) atoms. The number of esters is 2. The van der Waals surface area contributed by atoms with E-state index >= 15 is 0 Å². The van der Waals surface area contributed by atoms with Crippen LogP contribution in [0.2, 0.25) is 0 Å². The largest absolute Gasteiger partial charge is 0.462 e. The van der Waals surface area contributed by atoms with E-state index in [9.17, 15) is 19.2 Å². The molecule has 2 aromatic carbocycles. The molecule has 0 aromatic heterocycles. The number of hydrogen-bond donors (Lipinski definition) is 2. The Hall–Kier alpha value is -3.20. The third-order valence-corrected chi connectivity index (χ3v) is 5.40. The number of benzene rings is 2. The maximum atomic E-state index is 12.1. The summed E-state index contributed by atoms with van der Waals surface area (Å²) in [7, 11) is 0. The van der Waals surface area contributed by atoms with Gasteiger partial charge < -0.3 is 20.1 Å². The molecule has 8 nitrogen and oxygen atoms in total. The monoisotopic (exact) mass is 518 g/mol. The molecule has 2 amide bonds. The van der Waals surface area contributed by atoms with Crippen LogP contribution in [0.15, 0.2) is 40.9 Å². The minimum absolute atomic E-state index is 0.105. The molecule has 2 N–H and O–H groups in total. The Morgan fingerprint density at radius 3 is 2.24 bits per heavy atom. The number of aryl methyl sites for hydroxylation is 2. The van der Waals surface area contributed by atoms with Crippen LogP contribution in [-0.2, 0) is 23.9 Å². The van der Waals surface area contributed by atoms with Gasteiger partial charge in [0.25, 0.3) is 5.91 Å². The van der Waals surface area contributed by atoms with Gasteiger partial charge in [-0.3, -0.25) is 14.4 Å². The van der Waals surface area contributed by atoms with E-state index in [0.29, 0.717) is 23.5 Å². The third-order valence-electron chi connectivity index (χ3n) is 4.54. The van der Waals surface area contributed by atoms with Gasteiger partial charge in [-0.25, -0.2) is 4.79 Å². The number of anilines is 2. The normalized spacial score (nSPS) is 10.3. The topological polar surface area (TPSA) is 111 Å². The number of rotatable bonds is 10. The number of halogens is 1. The van der Waals surface area contributed by atoms with Crippen molar-refractivity contribution >= 4 is 51.1 Å². The summed E-state index contributed by atoms with van der Waals surface area (Å²) in [5, 5.41) is 5.34. The summed E-state index contributed by atoms with van der Waals surface area (Å²) in [6.45, 7) is 5.57. The van der Waals surface area contributed by atoms with Gasteiger partial charge in [0, 0.05) is 22.3 Å². The summed E-state index contributed by atoms with van der Waals surface area (Å²) in [5.74, 6) is -1.93. The lowest BCUT2D eigenvalue weighted by molar-refractivity contribution is -0.147. The molecule has 0 spiro atoms. The van der Waals surface area contributed by atoms with Gasteiger partial charge in [-0.05, 0) is 67.8 Å². The minimum Gasteiger partial charge on any atom is -0.462 e. The summed E-state index contributed by atoms with van der Waals surface area (Å²) >= 11 is 3.43. The molecule has 0 bridgehead atoms. The first-order chi connectivity index (χ1) is 15.7. The van der Waals surface area contributed by atoms with Crippen molar-refractivity contribution in [2.75, 3.05) is 23.8 Å². The van der Waals surface area contributed by atoms with E-state index in [-0.39, 0.29) is 12.8 Å². The number of hydrogen-bond acceptors (Lipinski definition) is 6. The highest BCUT2D eigenvalue weighted by Gasteiger charge is 2.13. The van der Waals surface area contributed by atoms with Crippen molar-refractivity contribution in [1.29, 1.82) is 0 Å². The van der Waals surface area contributed by atoms with Crippen LogP contribution in [0.4, 0.5) is 11.4 Å². The first-order valence-corrected chi connectivity index (χ1v) is 11.3. The van der Waals surface area contributed by atoms with Crippen molar-refractivity contribution in [3.63, 3.8) is 0 Å². The van der Waals surface area contributed by atoms with Crippen molar-refractivity contribution in [1.82, 2.24) is 0 Å². The van der Waals surface area contributed by atoms with Crippen molar-refractivity contribution in [2.24, 2.45) is 0 Å². The van der Waals surface area contributed by atoms with Gasteiger partial charge in [0.2, 0.25) is 5.91 Å². The second kappa shape index (κ2) is 12.7. The molecule has 2 rings (SSSR count). The minimum atomic E-state index is -0.655. The van der Waals surface area contributed by atoms with Crippen molar-refractivity contribution in [2.45, 2.75) is 40.0 Å². The van der Waals surface area contributed by atoms with E-state index in [1.165, 1.54) is 0 Å². The van der Waals surface area contributed by atoms with Gasteiger partial charge in [0.15, 0.2) is 6.61 Å². The zero-order chi connectivity index (χ0) is 24.4. The molecule has 0 aliphatic rings. The fourth-order valence-electron chi connectivity index (χ4n) is 2.73. The zero-order valence-corrected chi connectivity index (χ0v) is 20.4. The van der Waals surface area contributed by atoms with Crippen molar-refractivity contribution in [3.8, 4) is 0 Å². The first kappa shape index (κ1) is 26.1. The molecule has 176 valence electrons. The summed E-state index contributed by atoms with van der Waals surface area (Å²) in [5.41, 5.74) is 3.34. The Morgan fingerprint density at radius 1 is 0.879 bits per heavy atom. The van der Waals surface area contributed by atoms with Crippen molar-refractivity contribution in [3.05, 3.63) is 57.6 Å². The summed E-state index contributed by atoms with van der Waals surface area (Å²) in [4.78, 5) is 47.8. The second-order valence-electron chi connectivity index (χ2n) is 7.39. The van der Waals surface area contributed by atoms with Crippen LogP contribution in [0.25, 0.3) is 0 Å². The fraction of sp³-hybridized carbons (Fsp3) is 0.333. The lowest BCUT2D eigenvalue weighted by atomic mass is 10.1. The Balaban J connectivity index is 1.72. The number of carbonyl (C=O) groups excluding carboxylic acids is 4. The first-order valence-electron chi connectivity index (χ1n) is 10.5. The highest BCUT2D eigenvalue weighted by Crippen LogP contribution is 2.24. The average Bonchev–Trinajstić information content (AvgIpc) is 2.78. The molecular weight excluding hydrogens is 492 g/mol. The third kappa shape index (κ3) is 8.69. The van der Waals surface area contributed by atoms with E-state index in [1.54, 1.807) is 24.3 Å². The number of nitrogens with one attached hydrogen (secondary N) is 2. The van der Waals surface area contributed by atoms with Crippen LogP contribution in [0.5, 0.6) is 0 Å². The molecule has 0 unspecified atom stereocenters. The molecule has 0 atom stereocenters. The molecule has 9 heteroatoms. The summed E-state index contributed by atoms with van der Waals surface area (Å²) < 4.78 is 10.9. The second-order valence-corrected chi connectivity index (χ2v) is 8.24. The van der Waals surface area contributed by atoms with Gasteiger partial charge in [0.05, 0.1) is 18.6 Å². The zero-order valence-electron chi connectivity index (χ0n) is 18.8. The molecule has 0 aliphatic carbocycles. The Labute approximate surface area is 201 Å². The summed E-state index contributed by atoms with van der Waals surface area (Å²) in [6, 6.07) is 9.97. The molecule has 0 radical (unpaired) electrons. The highest BCUT2D eigenvalue weighted by atomic mass is 79.9. The van der Waals surface area contributed by atoms with Crippen LogP contribution in [0.3, 0.4) is 0 Å². The molecule has 0 aliphatic heterocycles. The Bertz CT molecular complexity index is 1020. The van der Waals surface area contributed by atoms with Gasteiger partial charge in [-0.2, -0.15) is 0 Å². The van der Waals surface area contributed by atoms with E-state index in [4.69, 9.17) is 9.47 Å². The highest BCUT2D eigenvalue weighted by molar-refractivity contribution is 9.10.